The molecule has 1 aromatic heterocycles. The highest BCUT2D eigenvalue weighted by Crippen LogP contribution is 2.15. The Morgan fingerprint density at radius 1 is 1.17 bits per heavy atom. The summed E-state index contributed by atoms with van der Waals surface area (Å²) in [5.74, 6) is 0.793. The van der Waals surface area contributed by atoms with Gasteiger partial charge in [-0.15, -0.1) is 0 Å². The molecule has 2 N–H and O–H groups in total. The fourth-order valence-electron chi connectivity index (χ4n) is 1.84. The van der Waals surface area contributed by atoms with Crippen molar-refractivity contribution >= 4 is 5.82 Å². The molecule has 0 aliphatic rings. The van der Waals surface area contributed by atoms with Crippen LogP contribution in [0.2, 0.25) is 0 Å². The highest BCUT2D eigenvalue weighted by molar-refractivity contribution is 5.36. The van der Waals surface area contributed by atoms with Crippen LogP contribution >= 0.6 is 0 Å². The lowest BCUT2D eigenvalue weighted by Crippen LogP contribution is -2.13. The molecule has 0 fully saturated rings. The van der Waals surface area contributed by atoms with Gasteiger partial charge in [-0.1, -0.05) is 35.9 Å². The summed E-state index contributed by atoms with van der Waals surface area (Å²) in [4.78, 5) is 4.33. The first-order valence-electron chi connectivity index (χ1n) is 6.07. The van der Waals surface area contributed by atoms with Crippen LogP contribution in [0.3, 0.4) is 0 Å². The van der Waals surface area contributed by atoms with Crippen molar-refractivity contribution in [1.29, 1.82) is 0 Å². The highest BCUT2D eigenvalue weighted by Gasteiger charge is 2.07. The minimum Gasteiger partial charge on any atom is -0.387 e. The number of nitrogens with one attached hydrogen (secondary N) is 1. The van der Waals surface area contributed by atoms with E-state index in [2.05, 4.69) is 10.3 Å². The zero-order chi connectivity index (χ0) is 13.0. The number of aromatic nitrogens is 1. The summed E-state index contributed by atoms with van der Waals surface area (Å²) in [6, 6.07) is 13.7. The highest BCUT2D eigenvalue weighted by atomic mass is 16.3. The van der Waals surface area contributed by atoms with E-state index in [9.17, 15) is 5.11 Å². The van der Waals surface area contributed by atoms with Crippen molar-refractivity contribution in [2.75, 3.05) is 11.9 Å². The first-order valence-corrected chi connectivity index (χ1v) is 6.07. The Balaban J connectivity index is 1.98. The third-order valence-electron chi connectivity index (χ3n) is 2.79. The van der Waals surface area contributed by atoms with Gasteiger partial charge in [0, 0.05) is 12.2 Å². The van der Waals surface area contributed by atoms with Crippen LogP contribution in [-0.4, -0.2) is 16.6 Å². The number of aliphatic hydroxyl groups is 1. The van der Waals surface area contributed by atoms with Crippen molar-refractivity contribution in [3.05, 3.63) is 59.3 Å². The number of pyridine rings is 1. The van der Waals surface area contributed by atoms with Crippen molar-refractivity contribution in [2.45, 2.75) is 20.0 Å². The number of aliphatic hydroxyl groups excluding tert-OH is 1. The Morgan fingerprint density at radius 3 is 2.67 bits per heavy atom. The van der Waals surface area contributed by atoms with Crippen LogP contribution in [0.1, 0.15) is 22.9 Å². The minimum absolute atomic E-state index is 0.458. The molecule has 1 atom stereocenters. The molecule has 0 spiro atoms. The number of rotatable bonds is 4. The fraction of sp³-hybridized carbons (Fsp3) is 0.267. The number of anilines is 1. The summed E-state index contributed by atoms with van der Waals surface area (Å²) in [5, 5.41) is 13.2. The number of aryl methyl sites for hydroxylation is 2. The van der Waals surface area contributed by atoms with Gasteiger partial charge in [0.15, 0.2) is 0 Å². The molecule has 0 saturated heterocycles. The molecule has 1 heterocycles. The Bertz CT molecular complexity index is 525. The second-order valence-electron chi connectivity index (χ2n) is 4.48. The molecular weight excluding hydrogens is 224 g/mol. The largest absolute Gasteiger partial charge is 0.387 e. The fourth-order valence-corrected chi connectivity index (χ4v) is 1.84. The van der Waals surface area contributed by atoms with Gasteiger partial charge in [-0.3, -0.25) is 0 Å². The smallest absolute Gasteiger partial charge is 0.126 e. The maximum absolute atomic E-state index is 10.1. The molecule has 2 rings (SSSR count). The summed E-state index contributed by atoms with van der Waals surface area (Å²) >= 11 is 0. The summed E-state index contributed by atoms with van der Waals surface area (Å²) in [7, 11) is 0. The van der Waals surface area contributed by atoms with Gasteiger partial charge in [0.2, 0.25) is 0 Å². The topological polar surface area (TPSA) is 45.1 Å². The van der Waals surface area contributed by atoms with Crippen LogP contribution in [-0.2, 0) is 0 Å². The van der Waals surface area contributed by atoms with Gasteiger partial charge in [0.1, 0.15) is 5.82 Å². The SMILES string of the molecule is Cc1cccc([C@H](O)CNc2cccc(C)n2)c1. The van der Waals surface area contributed by atoms with Gasteiger partial charge in [-0.2, -0.15) is 0 Å². The maximum atomic E-state index is 10.1. The zero-order valence-electron chi connectivity index (χ0n) is 10.7. The van der Waals surface area contributed by atoms with Gasteiger partial charge in [0.25, 0.3) is 0 Å². The molecule has 0 radical (unpaired) electrons. The Kier molecular flexibility index (Phi) is 3.95. The minimum atomic E-state index is -0.521. The predicted molar refractivity (Wildman–Crippen MR) is 73.6 cm³/mol. The van der Waals surface area contributed by atoms with Crippen molar-refractivity contribution < 1.29 is 5.11 Å². The molecule has 0 amide bonds. The van der Waals surface area contributed by atoms with Gasteiger partial charge in [-0.25, -0.2) is 4.98 Å². The molecule has 18 heavy (non-hydrogen) atoms. The molecule has 2 aromatic rings. The average molecular weight is 242 g/mol. The van der Waals surface area contributed by atoms with Gasteiger partial charge >= 0.3 is 0 Å². The number of benzene rings is 1. The predicted octanol–water partition coefficient (Wildman–Crippen LogP) is 2.84. The lowest BCUT2D eigenvalue weighted by molar-refractivity contribution is 0.191. The van der Waals surface area contributed by atoms with Crippen LogP contribution in [0.4, 0.5) is 5.82 Å². The monoisotopic (exact) mass is 242 g/mol. The lowest BCUT2D eigenvalue weighted by Gasteiger charge is -2.13. The first kappa shape index (κ1) is 12.6. The van der Waals surface area contributed by atoms with E-state index >= 15 is 0 Å². The summed E-state index contributed by atoms with van der Waals surface area (Å²) < 4.78 is 0. The standard InChI is InChI=1S/C15H18N2O/c1-11-5-3-7-13(9-11)14(18)10-16-15-8-4-6-12(2)17-15/h3-9,14,18H,10H2,1-2H3,(H,16,17)/t14-/m1/s1. The summed E-state index contributed by atoms with van der Waals surface area (Å²) in [6.45, 7) is 4.42. The molecule has 94 valence electrons. The molecule has 3 heteroatoms. The third kappa shape index (κ3) is 3.31. The van der Waals surface area contributed by atoms with Gasteiger partial charge < -0.3 is 10.4 Å². The van der Waals surface area contributed by atoms with E-state index in [-0.39, 0.29) is 0 Å². The van der Waals surface area contributed by atoms with E-state index in [1.807, 2.05) is 56.3 Å². The first-order chi connectivity index (χ1) is 8.65. The molecule has 0 bridgehead atoms. The molecule has 1 aromatic carbocycles. The second kappa shape index (κ2) is 5.65. The van der Waals surface area contributed by atoms with E-state index in [1.54, 1.807) is 0 Å². The Morgan fingerprint density at radius 2 is 1.94 bits per heavy atom. The molecule has 3 nitrogen and oxygen atoms in total. The molecule has 0 unspecified atom stereocenters. The van der Waals surface area contributed by atoms with Gasteiger partial charge in [0.05, 0.1) is 6.10 Å². The molecular formula is C15H18N2O. The normalized spacial score (nSPS) is 12.2. The summed E-state index contributed by atoms with van der Waals surface area (Å²) in [6.07, 6.45) is -0.521. The van der Waals surface area contributed by atoms with E-state index in [0.717, 1.165) is 22.6 Å². The molecule has 0 aliphatic carbocycles. The van der Waals surface area contributed by atoms with Gasteiger partial charge in [-0.05, 0) is 31.5 Å². The van der Waals surface area contributed by atoms with Crippen LogP contribution in [0.25, 0.3) is 0 Å². The lowest BCUT2D eigenvalue weighted by atomic mass is 10.1. The third-order valence-corrected chi connectivity index (χ3v) is 2.79. The second-order valence-corrected chi connectivity index (χ2v) is 4.48. The van der Waals surface area contributed by atoms with Crippen molar-refractivity contribution in [1.82, 2.24) is 4.98 Å². The van der Waals surface area contributed by atoms with E-state index < -0.39 is 6.10 Å². The van der Waals surface area contributed by atoms with Crippen molar-refractivity contribution in [3.8, 4) is 0 Å². The summed E-state index contributed by atoms with van der Waals surface area (Å²) in [5.41, 5.74) is 3.04. The zero-order valence-corrected chi connectivity index (χ0v) is 10.7. The van der Waals surface area contributed by atoms with Crippen molar-refractivity contribution in [2.24, 2.45) is 0 Å². The number of hydrogen-bond acceptors (Lipinski definition) is 3. The maximum Gasteiger partial charge on any atom is 0.126 e. The van der Waals surface area contributed by atoms with Crippen LogP contribution in [0.15, 0.2) is 42.5 Å². The van der Waals surface area contributed by atoms with Crippen LogP contribution in [0.5, 0.6) is 0 Å². The Labute approximate surface area is 108 Å². The van der Waals surface area contributed by atoms with E-state index in [4.69, 9.17) is 0 Å². The van der Waals surface area contributed by atoms with Crippen molar-refractivity contribution in [3.63, 3.8) is 0 Å². The van der Waals surface area contributed by atoms with E-state index in [0.29, 0.717) is 6.54 Å². The quantitative estimate of drug-likeness (QED) is 0.866. The van der Waals surface area contributed by atoms with Crippen LogP contribution in [0, 0.1) is 13.8 Å². The Hall–Kier alpha value is -1.87. The van der Waals surface area contributed by atoms with E-state index in [1.165, 1.54) is 0 Å². The number of hydrogen-bond donors (Lipinski definition) is 2. The van der Waals surface area contributed by atoms with Crippen LogP contribution < -0.4 is 5.32 Å². The average Bonchev–Trinajstić information content (AvgIpc) is 2.36. The molecule has 0 aliphatic heterocycles. The molecule has 0 saturated carbocycles. The number of nitrogens with zero attached hydrogens (tertiary/aromatic N) is 1.